The number of anilines is 1. The van der Waals surface area contributed by atoms with Crippen molar-refractivity contribution in [1.29, 1.82) is 0 Å². The zero-order valence-corrected chi connectivity index (χ0v) is 14.3. The Kier molecular flexibility index (Phi) is 6.32. The fourth-order valence-corrected chi connectivity index (χ4v) is 2.91. The minimum absolute atomic E-state index is 0. The maximum absolute atomic E-state index is 12.9. The lowest BCUT2D eigenvalue weighted by Crippen LogP contribution is -2.37. The van der Waals surface area contributed by atoms with Gasteiger partial charge in [-0.1, -0.05) is 24.3 Å². The number of halogens is 4. The summed E-state index contributed by atoms with van der Waals surface area (Å²) in [6, 6.07) is 13.0. The summed E-state index contributed by atoms with van der Waals surface area (Å²) in [5.41, 5.74) is 7.49. The van der Waals surface area contributed by atoms with E-state index in [2.05, 4.69) is 4.90 Å². The van der Waals surface area contributed by atoms with Crippen LogP contribution in [-0.2, 0) is 17.5 Å². The maximum Gasteiger partial charge on any atom is 0.416 e. The predicted molar refractivity (Wildman–Crippen MR) is 93.5 cm³/mol. The molecule has 0 spiro atoms. The van der Waals surface area contributed by atoms with Crippen molar-refractivity contribution in [3.8, 4) is 0 Å². The van der Waals surface area contributed by atoms with Crippen LogP contribution in [0, 0.1) is 0 Å². The highest BCUT2D eigenvalue weighted by Crippen LogP contribution is 2.32. The number of nitrogens with two attached hydrogens (primary N) is 1. The summed E-state index contributed by atoms with van der Waals surface area (Å²) in [5.74, 6) is 0. The largest absolute Gasteiger partial charge is 0.416 e. The number of morpholine rings is 1. The van der Waals surface area contributed by atoms with Gasteiger partial charge in [-0.25, -0.2) is 0 Å². The summed E-state index contributed by atoms with van der Waals surface area (Å²) in [4.78, 5) is 2.17. The Morgan fingerprint density at radius 3 is 2.60 bits per heavy atom. The van der Waals surface area contributed by atoms with Crippen molar-refractivity contribution in [2.45, 2.75) is 18.8 Å². The number of hydrogen-bond donors (Lipinski definition) is 1. The van der Waals surface area contributed by atoms with Gasteiger partial charge in [-0.05, 0) is 35.4 Å². The van der Waals surface area contributed by atoms with Crippen molar-refractivity contribution in [3.05, 3.63) is 65.2 Å². The molecule has 1 fully saturated rings. The molecule has 0 amide bonds. The van der Waals surface area contributed by atoms with Crippen molar-refractivity contribution in [3.63, 3.8) is 0 Å². The van der Waals surface area contributed by atoms with E-state index in [4.69, 9.17) is 10.5 Å². The van der Waals surface area contributed by atoms with E-state index in [-0.39, 0.29) is 18.5 Å². The summed E-state index contributed by atoms with van der Waals surface area (Å²) >= 11 is 0. The first kappa shape index (κ1) is 19.6. The van der Waals surface area contributed by atoms with Crippen LogP contribution < -0.4 is 5.73 Å². The van der Waals surface area contributed by atoms with Crippen LogP contribution in [0.3, 0.4) is 0 Å². The minimum Gasteiger partial charge on any atom is -0.399 e. The molecule has 136 valence electrons. The molecule has 2 N–H and O–H groups in total. The maximum atomic E-state index is 12.9. The summed E-state index contributed by atoms with van der Waals surface area (Å²) in [7, 11) is 0. The van der Waals surface area contributed by atoms with Crippen molar-refractivity contribution in [2.75, 3.05) is 25.4 Å². The van der Waals surface area contributed by atoms with Gasteiger partial charge in [0.05, 0.1) is 18.3 Å². The fourth-order valence-electron chi connectivity index (χ4n) is 2.91. The fraction of sp³-hybridized carbons (Fsp3) is 0.333. The molecule has 3 rings (SSSR count). The second kappa shape index (κ2) is 8.08. The molecule has 1 heterocycles. The number of nitrogens with zero attached hydrogens (tertiary/aromatic N) is 1. The van der Waals surface area contributed by atoms with Gasteiger partial charge in [0.2, 0.25) is 0 Å². The predicted octanol–water partition coefficient (Wildman–Crippen LogP) is 4.28. The summed E-state index contributed by atoms with van der Waals surface area (Å²) in [5, 5.41) is 0. The third-order valence-corrected chi connectivity index (χ3v) is 4.09. The number of nitrogen functional groups attached to an aromatic ring is 1. The van der Waals surface area contributed by atoms with Crippen LogP contribution in [-0.4, -0.2) is 24.6 Å². The van der Waals surface area contributed by atoms with Crippen molar-refractivity contribution in [1.82, 2.24) is 4.90 Å². The molecule has 1 aliphatic heterocycles. The first-order chi connectivity index (χ1) is 11.4. The van der Waals surface area contributed by atoms with Gasteiger partial charge >= 0.3 is 6.18 Å². The molecular weight excluding hydrogens is 353 g/mol. The van der Waals surface area contributed by atoms with Crippen LogP contribution in [0.1, 0.15) is 22.8 Å². The van der Waals surface area contributed by atoms with Gasteiger partial charge < -0.3 is 10.5 Å². The second-order valence-electron chi connectivity index (χ2n) is 5.96. The van der Waals surface area contributed by atoms with Crippen molar-refractivity contribution >= 4 is 18.1 Å². The molecule has 0 radical (unpaired) electrons. The van der Waals surface area contributed by atoms with E-state index in [1.165, 1.54) is 12.1 Å². The third kappa shape index (κ3) is 5.11. The second-order valence-corrected chi connectivity index (χ2v) is 5.96. The third-order valence-electron chi connectivity index (χ3n) is 4.09. The molecule has 1 saturated heterocycles. The Balaban J connectivity index is 0.00000225. The first-order valence-corrected chi connectivity index (χ1v) is 7.77. The quantitative estimate of drug-likeness (QED) is 0.817. The molecule has 0 aromatic heterocycles. The van der Waals surface area contributed by atoms with Crippen LogP contribution >= 0.6 is 12.4 Å². The van der Waals surface area contributed by atoms with Crippen molar-refractivity contribution in [2.24, 2.45) is 0 Å². The highest BCUT2D eigenvalue weighted by atomic mass is 35.5. The Morgan fingerprint density at radius 1 is 1.12 bits per heavy atom. The molecule has 2 aromatic rings. The Morgan fingerprint density at radius 2 is 1.88 bits per heavy atom. The normalized spacial score (nSPS) is 18.6. The molecule has 0 bridgehead atoms. The number of benzene rings is 2. The Labute approximate surface area is 151 Å². The average Bonchev–Trinajstić information content (AvgIpc) is 2.54. The lowest BCUT2D eigenvalue weighted by atomic mass is 10.0. The van der Waals surface area contributed by atoms with Gasteiger partial charge in [0, 0.05) is 25.3 Å². The summed E-state index contributed by atoms with van der Waals surface area (Å²) in [6.07, 6.45) is -4.70. The lowest BCUT2D eigenvalue weighted by molar-refractivity contribution is -0.137. The minimum atomic E-state index is -4.34. The lowest BCUT2D eigenvalue weighted by Gasteiger charge is -2.33. The van der Waals surface area contributed by atoms with Crippen LogP contribution in [0.2, 0.25) is 0 Å². The standard InChI is InChI=1S/C18H19F3N2O.ClH/c19-18(20,21)15-5-2-4-14(10-15)17-12-23(7-8-24-17)11-13-3-1-6-16(22)9-13;/h1-6,9-10,17H,7-8,11-12,22H2;1H. The number of rotatable bonds is 3. The molecule has 3 nitrogen and oxygen atoms in total. The molecule has 1 aliphatic rings. The van der Waals surface area contributed by atoms with Gasteiger partial charge in [-0.3, -0.25) is 4.90 Å². The van der Waals surface area contributed by atoms with Gasteiger partial charge in [0.15, 0.2) is 0 Å². The molecular formula is C18H20ClF3N2O. The summed E-state index contributed by atoms with van der Waals surface area (Å²) in [6.45, 7) is 2.48. The van der Waals surface area contributed by atoms with Crippen LogP contribution in [0.25, 0.3) is 0 Å². The topological polar surface area (TPSA) is 38.5 Å². The summed E-state index contributed by atoms with van der Waals surface area (Å²) < 4.78 is 44.3. The zero-order valence-electron chi connectivity index (χ0n) is 13.5. The monoisotopic (exact) mass is 372 g/mol. The molecule has 0 aliphatic carbocycles. The average molecular weight is 373 g/mol. The van der Waals surface area contributed by atoms with E-state index in [0.717, 1.165) is 18.2 Å². The van der Waals surface area contributed by atoms with Gasteiger partial charge in [0.1, 0.15) is 0 Å². The van der Waals surface area contributed by atoms with E-state index < -0.39 is 11.7 Å². The highest BCUT2D eigenvalue weighted by Gasteiger charge is 2.31. The molecule has 1 atom stereocenters. The van der Waals surface area contributed by atoms with E-state index in [9.17, 15) is 13.2 Å². The molecule has 25 heavy (non-hydrogen) atoms. The Hall–Kier alpha value is -1.76. The molecule has 1 unspecified atom stereocenters. The van der Waals surface area contributed by atoms with E-state index in [1.54, 1.807) is 6.07 Å². The molecule has 0 saturated carbocycles. The number of hydrogen-bond acceptors (Lipinski definition) is 3. The SMILES string of the molecule is Cl.Nc1cccc(CN2CCOC(c3cccc(C(F)(F)F)c3)C2)c1. The van der Waals surface area contributed by atoms with Gasteiger partial charge in [-0.2, -0.15) is 13.2 Å². The van der Waals surface area contributed by atoms with Crippen LogP contribution in [0.4, 0.5) is 18.9 Å². The van der Waals surface area contributed by atoms with E-state index in [1.807, 2.05) is 24.3 Å². The van der Waals surface area contributed by atoms with Gasteiger partial charge in [-0.15, -0.1) is 12.4 Å². The van der Waals surface area contributed by atoms with Crippen molar-refractivity contribution < 1.29 is 17.9 Å². The smallest absolute Gasteiger partial charge is 0.399 e. The number of ether oxygens (including phenoxy) is 1. The molecule has 2 aromatic carbocycles. The van der Waals surface area contributed by atoms with E-state index >= 15 is 0 Å². The highest BCUT2D eigenvalue weighted by molar-refractivity contribution is 5.85. The first-order valence-electron chi connectivity index (χ1n) is 7.77. The van der Waals surface area contributed by atoms with Crippen LogP contribution in [0.5, 0.6) is 0 Å². The molecule has 7 heteroatoms. The van der Waals surface area contributed by atoms with Crippen LogP contribution in [0.15, 0.2) is 48.5 Å². The van der Waals surface area contributed by atoms with Gasteiger partial charge in [0.25, 0.3) is 0 Å². The number of alkyl halides is 3. The van der Waals surface area contributed by atoms with E-state index in [0.29, 0.717) is 30.9 Å². The Bertz CT molecular complexity index is 709. The zero-order chi connectivity index (χ0) is 17.2.